The van der Waals surface area contributed by atoms with Crippen molar-refractivity contribution < 1.29 is 22.7 Å². The van der Waals surface area contributed by atoms with Gasteiger partial charge in [0.25, 0.3) is 15.9 Å². The van der Waals surface area contributed by atoms with Gasteiger partial charge in [0.2, 0.25) is 0 Å². The molecule has 0 aliphatic rings. The minimum absolute atomic E-state index is 0.0319. The summed E-state index contributed by atoms with van der Waals surface area (Å²) in [5, 5.41) is 3.31. The van der Waals surface area contributed by atoms with E-state index in [2.05, 4.69) is 11.9 Å². The molecule has 10 heteroatoms. The number of hydrogen-bond acceptors (Lipinski definition) is 5. The van der Waals surface area contributed by atoms with Gasteiger partial charge in [-0.3, -0.25) is 9.10 Å². The van der Waals surface area contributed by atoms with Crippen molar-refractivity contribution >= 4 is 56.5 Å². The van der Waals surface area contributed by atoms with E-state index >= 15 is 0 Å². The van der Waals surface area contributed by atoms with Gasteiger partial charge in [-0.15, -0.1) is 6.58 Å². The van der Waals surface area contributed by atoms with Crippen LogP contribution in [0.25, 0.3) is 0 Å². The first kappa shape index (κ1) is 26.3. The Balaban J connectivity index is 1.76. The summed E-state index contributed by atoms with van der Waals surface area (Å²) in [6.45, 7) is 4.81. The Hall–Kier alpha value is -3.33. The van der Waals surface area contributed by atoms with Crippen LogP contribution in [0.15, 0.2) is 84.3 Å². The van der Waals surface area contributed by atoms with E-state index in [1.165, 1.54) is 30.3 Å². The number of nitrogens with zero attached hydrogens (tertiary/aromatic N) is 1. The fraction of sp³-hybridized carbons (Fsp3) is 0.120. The highest BCUT2D eigenvalue weighted by Crippen LogP contribution is 2.30. The standard InChI is InChI=1S/C25H22Cl2N2O5S/c1-3-13-29(23-10-5-4-9-21(23)27)35(32,33)20-8-6-7-18(14-20)25(31)34-16-24(30)28-22-15-19(26)12-11-17(22)2/h3-12,14-15H,1,13,16H2,2H3,(H,28,30). The number of carbonyl (C=O) groups is 2. The smallest absolute Gasteiger partial charge is 0.338 e. The van der Waals surface area contributed by atoms with Crippen LogP contribution in [0, 0.1) is 6.92 Å². The van der Waals surface area contributed by atoms with Gasteiger partial charge in [0.05, 0.1) is 27.7 Å². The molecule has 0 atom stereocenters. The molecule has 1 amide bonds. The molecular weight excluding hydrogens is 511 g/mol. The van der Waals surface area contributed by atoms with E-state index in [4.69, 9.17) is 27.9 Å². The summed E-state index contributed by atoms with van der Waals surface area (Å²) in [4.78, 5) is 24.6. The fourth-order valence-electron chi connectivity index (χ4n) is 3.14. The number of amides is 1. The molecule has 0 radical (unpaired) electrons. The van der Waals surface area contributed by atoms with Gasteiger partial charge in [0.15, 0.2) is 6.61 Å². The molecule has 0 fully saturated rings. The van der Waals surface area contributed by atoms with Crippen LogP contribution in [0.5, 0.6) is 0 Å². The summed E-state index contributed by atoms with van der Waals surface area (Å²) in [5.41, 5.74) is 1.52. The molecule has 3 rings (SSSR count). The first-order chi connectivity index (χ1) is 16.6. The summed E-state index contributed by atoms with van der Waals surface area (Å²) >= 11 is 12.2. The predicted octanol–water partition coefficient (Wildman–Crippen LogP) is 5.48. The highest BCUT2D eigenvalue weighted by atomic mass is 35.5. The van der Waals surface area contributed by atoms with Gasteiger partial charge >= 0.3 is 5.97 Å². The van der Waals surface area contributed by atoms with Crippen LogP contribution in [0.1, 0.15) is 15.9 Å². The molecule has 0 heterocycles. The van der Waals surface area contributed by atoms with Crippen molar-refractivity contribution in [2.75, 3.05) is 22.8 Å². The van der Waals surface area contributed by atoms with Crippen molar-refractivity contribution in [3.05, 3.63) is 101 Å². The summed E-state index contributed by atoms with van der Waals surface area (Å²) in [6, 6.07) is 16.9. The number of halogens is 2. The molecule has 0 saturated heterocycles. The number of anilines is 2. The first-order valence-corrected chi connectivity index (χ1v) is 12.5. The van der Waals surface area contributed by atoms with Gasteiger partial charge in [-0.25, -0.2) is 13.2 Å². The van der Waals surface area contributed by atoms with E-state index in [0.717, 1.165) is 9.87 Å². The Morgan fingerprint density at radius 3 is 2.51 bits per heavy atom. The number of nitrogens with one attached hydrogen (secondary N) is 1. The van der Waals surface area contributed by atoms with Gasteiger partial charge in [-0.05, 0) is 55.0 Å². The Labute approximate surface area is 214 Å². The molecule has 7 nitrogen and oxygen atoms in total. The lowest BCUT2D eigenvalue weighted by Crippen LogP contribution is -2.31. The summed E-state index contributed by atoms with van der Waals surface area (Å²) < 4.78 is 32.9. The number of hydrogen-bond donors (Lipinski definition) is 1. The molecule has 0 aliphatic carbocycles. The van der Waals surface area contributed by atoms with Gasteiger partial charge in [-0.1, -0.05) is 53.5 Å². The highest BCUT2D eigenvalue weighted by Gasteiger charge is 2.26. The number of esters is 1. The number of aryl methyl sites for hydroxylation is 1. The molecule has 0 saturated carbocycles. The average Bonchev–Trinajstić information content (AvgIpc) is 2.84. The molecule has 182 valence electrons. The predicted molar refractivity (Wildman–Crippen MR) is 138 cm³/mol. The van der Waals surface area contributed by atoms with E-state index in [9.17, 15) is 18.0 Å². The van der Waals surface area contributed by atoms with Crippen LogP contribution in [-0.4, -0.2) is 33.4 Å². The van der Waals surface area contributed by atoms with Crippen molar-refractivity contribution in [3.63, 3.8) is 0 Å². The number of para-hydroxylation sites is 1. The Kier molecular flexibility index (Phi) is 8.56. The van der Waals surface area contributed by atoms with Crippen LogP contribution in [-0.2, 0) is 19.6 Å². The monoisotopic (exact) mass is 532 g/mol. The largest absolute Gasteiger partial charge is 0.452 e. The summed E-state index contributed by atoms with van der Waals surface area (Å²) in [5.74, 6) is -1.42. The molecule has 35 heavy (non-hydrogen) atoms. The van der Waals surface area contributed by atoms with Gasteiger partial charge < -0.3 is 10.1 Å². The maximum Gasteiger partial charge on any atom is 0.338 e. The van der Waals surface area contributed by atoms with Gasteiger partial charge in [0.1, 0.15) is 0 Å². The zero-order valence-corrected chi connectivity index (χ0v) is 21.0. The molecule has 0 bridgehead atoms. The third-order valence-corrected chi connectivity index (χ3v) is 7.21. The van der Waals surface area contributed by atoms with Crippen LogP contribution >= 0.6 is 23.2 Å². The van der Waals surface area contributed by atoms with Crippen molar-refractivity contribution in [1.82, 2.24) is 0 Å². The van der Waals surface area contributed by atoms with Gasteiger partial charge in [-0.2, -0.15) is 0 Å². The quantitative estimate of drug-likeness (QED) is 0.291. The highest BCUT2D eigenvalue weighted by molar-refractivity contribution is 7.92. The van der Waals surface area contributed by atoms with Crippen molar-refractivity contribution in [2.45, 2.75) is 11.8 Å². The maximum absolute atomic E-state index is 13.4. The molecule has 1 N–H and O–H groups in total. The summed E-state index contributed by atoms with van der Waals surface area (Å²) in [6.07, 6.45) is 1.43. The molecule has 3 aromatic rings. The fourth-order valence-corrected chi connectivity index (χ4v) is 5.10. The second kappa shape index (κ2) is 11.4. The number of rotatable bonds is 9. The third-order valence-electron chi connectivity index (χ3n) is 4.88. The number of benzene rings is 3. The third kappa shape index (κ3) is 6.42. The van der Waals surface area contributed by atoms with E-state index < -0.39 is 28.5 Å². The molecule has 0 aliphatic heterocycles. The van der Waals surface area contributed by atoms with E-state index in [1.807, 2.05) is 0 Å². The molecular formula is C25H22Cl2N2O5S. The lowest BCUT2D eigenvalue weighted by Gasteiger charge is -2.24. The zero-order chi connectivity index (χ0) is 25.6. The van der Waals surface area contributed by atoms with Gasteiger partial charge in [0, 0.05) is 10.7 Å². The topological polar surface area (TPSA) is 92.8 Å². The number of sulfonamides is 1. The Morgan fingerprint density at radius 2 is 1.80 bits per heavy atom. The minimum atomic E-state index is -4.10. The Bertz CT molecular complexity index is 1380. The lowest BCUT2D eigenvalue weighted by molar-refractivity contribution is -0.119. The minimum Gasteiger partial charge on any atom is -0.452 e. The maximum atomic E-state index is 13.4. The van der Waals surface area contributed by atoms with Crippen molar-refractivity contribution in [1.29, 1.82) is 0 Å². The molecule has 0 spiro atoms. The first-order valence-electron chi connectivity index (χ1n) is 10.3. The second-order valence-electron chi connectivity index (χ2n) is 7.39. The average molecular weight is 533 g/mol. The second-order valence-corrected chi connectivity index (χ2v) is 10.1. The van der Waals surface area contributed by atoms with Crippen molar-refractivity contribution in [2.24, 2.45) is 0 Å². The van der Waals surface area contributed by atoms with Crippen molar-refractivity contribution in [3.8, 4) is 0 Å². The normalized spacial score (nSPS) is 10.9. The van der Waals surface area contributed by atoms with Crippen LogP contribution in [0.4, 0.5) is 11.4 Å². The Morgan fingerprint density at radius 1 is 1.06 bits per heavy atom. The molecule has 0 unspecified atom stereocenters. The van der Waals surface area contributed by atoms with Crippen LogP contribution in [0.2, 0.25) is 10.0 Å². The SMILES string of the molecule is C=CCN(c1ccccc1Cl)S(=O)(=O)c1cccc(C(=O)OCC(=O)Nc2cc(Cl)ccc2C)c1. The van der Waals surface area contributed by atoms with Crippen LogP contribution in [0.3, 0.4) is 0 Å². The van der Waals surface area contributed by atoms with E-state index in [0.29, 0.717) is 10.7 Å². The molecule has 3 aromatic carbocycles. The lowest BCUT2D eigenvalue weighted by atomic mass is 10.2. The summed E-state index contributed by atoms with van der Waals surface area (Å²) in [7, 11) is -4.10. The molecule has 0 aromatic heterocycles. The number of carbonyl (C=O) groups excluding carboxylic acids is 2. The zero-order valence-electron chi connectivity index (χ0n) is 18.7. The number of ether oxygens (including phenoxy) is 1. The van der Waals surface area contributed by atoms with E-state index in [1.54, 1.807) is 49.4 Å². The van der Waals surface area contributed by atoms with Crippen LogP contribution < -0.4 is 9.62 Å². The van der Waals surface area contributed by atoms with E-state index in [-0.39, 0.29) is 27.7 Å².